The zero-order chi connectivity index (χ0) is 20.0. The number of hydrogen-bond donors (Lipinski definition) is 0. The van der Waals surface area contributed by atoms with E-state index in [1.54, 1.807) is 28.8 Å². The van der Waals surface area contributed by atoms with Gasteiger partial charge in [0, 0.05) is 18.5 Å². The number of ether oxygens (including phenoxy) is 3. The molecule has 0 radical (unpaired) electrons. The number of Topliss-reactive ketones (excluding diaryl/α,β-unsaturated/α-hetero) is 1. The molecule has 0 atom stereocenters. The van der Waals surface area contributed by atoms with Crippen LogP contribution in [0.5, 0.6) is 11.5 Å². The lowest BCUT2D eigenvalue weighted by Gasteiger charge is -2.08. The van der Waals surface area contributed by atoms with Crippen LogP contribution in [-0.2, 0) is 17.7 Å². The molecule has 0 spiro atoms. The molecule has 0 unspecified atom stereocenters. The Labute approximate surface area is 164 Å². The number of esters is 1. The lowest BCUT2D eigenvalue weighted by Crippen LogP contribution is -2.21. The minimum atomic E-state index is -0.650. The van der Waals surface area contributed by atoms with Crippen molar-refractivity contribution < 1.29 is 23.8 Å². The van der Waals surface area contributed by atoms with Crippen LogP contribution in [0.2, 0.25) is 0 Å². The molecule has 1 aromatic heterocycles. The number of benzene rings is 2. The Morgan fingerprint density at radius 2 is 1.90 bits per heavy atom. The largest absolute Gasteiger partial charge is 0.454 e. The Morgan fingerprint density at radius 1 is 1.07 bits per heavy atom. The maximum Gasteiger partial charge on any atom is 0.338 e. The Hall–Kier alpha value is -3.68. The van der Waals surface area contributed by atoms with Crippen LogP contribution in [0.25, 0.3) is 10.9 Å². The predicted molar refractivity (Wildman–Crippen MR) is 102 cm³/mol. The van der Waals surface area contributed by atoms with Gasteiger partial charge in [-0.25, -0.2) is 9.78 Å². The average molecular weight is 392 g/mol. The van der Waals surface area contributed by atoms with Crippen LogP contribution in [0.1, 0.15) is 33.0 Å². The summed E-state index contributed by atoms with van der Waals surface area (Å²) >= 11 is 0. The summed E-state index contributed by atoms with van der Waals surface area (Å²) in [4.78, 5) is 41.7. The lowest BCUT2D eigenvalue weighted by atomic mass is 10.1. The molecule has 29 heavy (non-hydrogen) atoms. The van der Waals surface area contributed by atoms with Gasteiger partial charge in [-0.05, 0) is 42.8 Å². The van der Waals surface area contributed by atoms with Gasteiger partial charge in [-0.2, -0.15) is 0 Å². The Balaban J connectivity index is 1.33. The van der Waals surface area contributed by atoms with Crippen molar-refractivity contribution in [1.29, 1.82) is 0 Å². The lowest BCUT2D eigenvalue weighted by molar-refractivity contribution is 0.0475. The molecule has 0 saturated carbocycles. The molecule has 3 aromatic rings. The van der Waals surface area contributed by atoms with E-state index in [2.05, 4.69) is 4.98 Å². The molecule has 0 N–H and O–H groups in total. The second kappa shape index (κ2) is 6.73. The molecule has 2 aromatic carbocycles. The van der Waals surface area contributed by atoms with Gasteiger partial charge >= 0.3 is 5.97 Å². The number of aromatic nitrogens is 2. The van der Waals surface area contributed by atoms with E-state index in [9.17, 15) is 14.4 Å². The zero-order valence-electron chi connectivity index (χ0n) is 15.3. The Morgan fingerprint density at radius 3 is 2.79 bits per heavy atom. The van der Waals surface area contributed by atoms with E-state index in [0.717, 1.165) is 18.7 Å². The summed E-state index contributed by atoms with van der Waals surface area (Å²) in [5.41, 5.74) is 0.969. The third-order valence-corrected chi connectivity index (χ3v) is 5.08. The molecule has 0 fully saturated rings. The second-order valence-electron chi connectivity index (χ2n) is 6.89. The highest BCUT2D eigenvalue weighted by molar-refractivity contribution is 6.00. The first-order valence-electron chi connectivity index (χ1n) is 9.23. The summed E-state index contributed by atoms with van der Waals surface area (Å²) in [5.74, 6) is 0.784. The molecule has 3 heterocycles. The van der Waals surface area contributed by atoms with Crippen molar-refractivity contribution in [3.63, 3.8) is 0 Å². The minimum Gasteiger partial charge on any atom is -0.454 e. The van der Waals surface area contributed by atoms with E-state index in [-0.39, 0.29) is 23.7 Å². The molecule has 0 aliphatic carbocycles. The van der Waals surface area contributed by atoms with Crippen molar-refractivity contribution in [3.05, 3.63) is 63.7 Å². The molecule has 2 aliphatic heterocycles. The number of fused-ring (bicyclic) bond motifs is 3. The van der Waals surface area contributed by atoms with E-state index < -0.39 is 12.6 Å². The van der Waals surface area contributed by atoms with Gasteiger partial charge in [0.05, 0.1) is 16.5 Å². The smallest absolute Gasteiger partial charge is 0.338 e. The Bertz CT molecular complexity index is 1230. The molecule has 8 heteroatoms. The molecule has 146 valence electrons. The molecular weight excluding hydrogens is 376 g/mol. The fourth-order valence-electron chi connectivity index (χ4n) is 3.58. The van der Waals surface area contributed by atoms with Crippen molar-refractivity contribution in [2.24, 2.45) is 0 Å². The monoisotopic (exact) mass is 392 g/mol. The van der Waals surface area contributed by atoms with E-state index in [0.29, 0.717) is 34.5 Å². The summed E-state index contributed by atoms with van der Waals surface area (Å²) in [6.07, 6.45) is 1.62. The minimum absolute atomic E-state index is 0.0968. The van der Waals surface area contributed by atoms with Gasteiger partial charge in [-0.1, -0.05) is 0 Å². The van der Waals surface area contributed by atoms with Gasteiger partial charge in [0.15, 0.2) is 23.9 Å². The highest BCUT2D eigenvalue weighted by Crippen LogP contribution is 2.32. The number of rotatable bonds is 4. The number of aryl methyl sites for hydroxylation is 1. The van der Waals surface area contributed by atoms with Crippen molar-refractivity contribution in [2.45, 2.75) is 19.4 Å². The van der Waals surface area contributed by atoms with Gasteiger partial charge in [0.2, 0.25) is 6.79 Å². The van der Waals surface area contributed by atoms with Crippen LogP contribution in [0, 0.1) is 0 Å². The fraction of sp³-hybridized carbons (Fsp3) is 0.238. The molecule has 8 nitrogen and oxygen atoms in total. The molecule has 2 aliphatic rings. The predicted octanol–water partition coefficient (Wildman–Crippen LogP) is 2.11. The first-order valence-corrected chi connectivity index (χ1v) is 9.23. The molecular formula is C21H16N2O6. The third-order valence-electron chi connectivity index (χ3n) is 5.08. The van der Waals surface area contributed by atoms with Gasteiger partial charge < -0.3 is 14.2 Å². The molecule has 5 rings (SSSR count). The normalized spacial score (nSPS) is 14.1. The number of ketones is 1. The number of nitrogens with zero attached hydrogens (tertiary/aromatic N) is 2. The van der Waals surface area contributed by atoms with Crippen molar-refractivity contribution in [1.82, 2.24) is 9.55 Å². The van der Waals surface area contributed by atoms with Crippen molar-refractivity contribution in [3.8, 4) is 11.5 Å². The quantitative estimate of drug-likeness (QED) is 0.495. The summed E-state index contributed by atoms with van der Waals surface area (Å²) in [6.45, 7) is 0.379. The highest BCUT2D eigenvalue weighted by atomic mass is 16.7. The SMILES string of the molecule is O=C(COC(=O)c1ccc2c(=O)n3c(nc2c1)CCC3)c1ccc2c(c1)OCO2. The highest BCUT2D eigenvalue weighted by Gasteiger charge is 2.19. The van der Waals surface area contributed by atoms with Crippen LogP contribution in [0.15, 0.2) is 41.2 Å². The second-order valence-corrected chi connectivity index (χ2v) is 6.89. The van der Waals surface area contributed by atoms with Crippen LogP contribution < -0.4 is 15.0 Å². The van der Waals surface area contributed by atoms with Gasteiger partial charge in [0.25, 0.3) is 5.56 Å². The first kappa shape index (κ1) is 17.4. The van der Waals surface area contributed by atoms with E-state index >= 15 is 0 Å². The van der Waals surface area contributed by atoms with Crippen molar-refractivity contribution >= 4 is 22.7 Å². The molecule has 0 bridgehead atoms. The first-order chi connectivity index (χ1) is 14.1. The van der Waals surface area contributed by atoms with E-state index in [4.69, 9.17) is 14.2 Å². The van der Waals surface area contributed by atoms with Gasteiger partial charge in [-0.15, -0.1) is 0 Å². The summed E-state index contributed by atoms with van der Waals surface area (Å²) in [5, 5.41) is 0.462. The number of hydrogen-bond acceptors (Lipinski definition) is 7. The van der Waals surface area contributed by atoms with Crippen LogP contribution in [0.4, 0.5) is 0 Å². The van der Waals surface area contributed by atoms with E-state index in [1.807, 2.05) is 0 Å². The molecule has 0 saturated heterocycles. The van der Waals surface area contributed by atoms with Crippen LogP contribution in [-0.4, -0.2) is 34.7 Å². The maximum atomic E-state index is 12.5. The standard InChI is InChI=1S/C21H16N2O6/c24-16(12-4-6-17-18(9-12)29-11-28-17)10-27-21(26)13-3-5-14-15(8-13)22-19-2-1-7-23(19)20(14)25/h3-6,8-9H,1-2,7,10-11H2. The summed E-state index contributed by atoms with van der Waals surface area (Å²) in [7, 11) is 0. The fourth-order valence-corrected chi connectivity index (χ4v) is 3.58. The van der Waals surface area contributed by atoms with E-state index in [1.165, 1.54) is 12.1 Å². The number of carbonyl (C=O) groups excluding carboxylic acids is 2. The van der Waals surface area contributed by atoms with Crippen molar-refractivity contribution in [2.75, 3.05) is 13.4 Å². The van der Waals surface area contributed by atoms with Gasteiger partial charge in [0.1, 0.15) is 5.82 Å². The van der Waals surface area contributed by atoms with Crippen LogP contribution in [0.3, 0.4) is 0 Å². The van der Waals surface area contributed by atoms with Gasteiger partial charge in [-0.3, -0.25) is 14.2 Å². The average Bonchev–Trinajstić information content (AvgIpc) is 3.40. The third kappa shape index (κ3) is 3.02. The van der Waals surface area contributed by atoms with Crippen LogP contribution >= 0.6 is 0 Å². The topological polar surface area (TPSA) is 96.7 Å². The maximum absolute atomic E-state index is 12.5. The zero-order valence-corrected chi connectivity index (χ0v) is 15.3. The molecule has 0 amide bonds. The summed E-state index contributed by atoms with van der Waals surface area (Å²) in [6, 6.07) is 9.42. The summed E-state index contributed by atoms with van der Waals surface area (Å²) < 4.78 is 17.3. The number of carbonyl (C=O) groups is 2. The Kier molecular flexibility index (Phi) is 4.04.